The Morgan fingerprint density at radius 3 is 1.55 bits per heavy atom. The number of fused-ring (bicyclic) bond motifs is 9. The highest BCUT2D eigenvalue weighted by Gasteiger charge is 2.19. The molecule has 0 aliphatic heterocycles. The van der Waals surface area contributed by atoms with Gasteiger partial charge < -0.3 is 18.3 Å². The van der Waals surface area contributed by atoms with Gasteiger partial charge >= 0.3 is 0 Å². The summed E-state index contributed by atoms with van der Waals surface area (Å²) in [5.41, 5.74) is 17.1. The van der Waals surface area contributed by atoms with Crippen molar-refractivity contribution in [2.24, 2.45) is 0 Å². The third-order valence-electron chi connectivity index (χ3n) is 12.8. The van der Waals surface area contributed by atoms with Crippen LogP contribution in [-0.4, -0.2) is 4.57 Å². The molecule has 0 spiro atoms. The predicted molar refractivity (Wildman–Crippen MR) is 266 cm³/mol. The van der Waals surface area contributed by atoms with Gasteiger partial charge in [-0.05, 0) is 119 Å². The average molecular weight is 819 g/mol. The van der Waals surface area contributed by atoms with E-state index in [0.29, 0.717) is 0 Å². The maximum atomic E-state index is 6.52. The summed E-state index contributed by atoms with van der Waals surface area (Å²) in [7, 11) is 0. The lowest BCUT2D eigenvalue weighted by Gasteiger charge is -2.26. The van der Waals surface area contributed by atoms with Crippen LogP contribution in [-0.2, 0) is 0 Å². The van der Waals surface area contributed by atoms with Gasteiger partial charge in [0.15, 0.2) is 0 Å². The van der Waals surface area contributed by atoms with E-state index in [2.05, 4.69) is 222 Å². The summed E-state index contributed by atoms with van der Waals surface area (Å²) in [4.78, 5) is 2.37. The molecule has 0 saturated carbocycles. The van der Waals surface area contributed by atoms with E-state index in [4.69, 9.17) is 8.83 Å². The molecule has 3 aromatic heterocycles. The molecule has 4 heteroatoms. The molecule has 3 heterocycles. The summed E-state index contributed by atoms with van der Waals surface area (Å²) in [6.07, 6.45) is 0. The van der Waals surface area contributed by atoms with E-state index in [1.165, 1.54) is 21.8 Å². The molecule has 0 amide bonds. The van der Waals surface area contributed by atoms with Crippen LogP contribution in [0.1, 0.15) is 0 Å². The van der Waals surface area contributed by atoms with Crippen LogP contribution in [0.15, 0.2) is 239 Å². The zero-order chi connectivity index (χ0) is 42.1. The molecule has 0 saturated heterocycles. The average Bonchev–Trinajstić information content (AvgIpc) is 4.04. The standard InChI is InChI=1S/C60H38N2O2/c1-3-12-41(13-4-1)48-18-11-19-51-54-37-43(27-35-59(54)64-60(48)51)40-24-30-46(31-25-40)61(45-28-22-39(23-29-45)42-26-34-58-53(36-42)50-17-8-10-21-57(50)63-58)47-32-33-56-52(38-47)49-16-7-9-20-55(49)62(56)44-14-5-2-6-15-44/h1-38H. The van der Waals surface area contributed by atoms with Gasteiger partial charge in [-0.1, -0.05) is 140 Å². The first kappa shape index (κ1) is 36.1. The van der Waals surface area contributed by atoms with Crippen molar-refractivity contribution in [3.8, 4) is 39.1 Å². The van der Waals surface area contributed by atoms with Crippen molar-refractivity contribution in [2.75, 3.05) is 4.90 Å². The van der Waals surface area contributed by atoms with E-state index < -0.39 is 0 Å². The second kappa shape index (κ2) is 14.5. The van der Waals surface area contributed by atoms with E-state index in [9.17, 15) is 0 Å². The number of hydrogen-bond acceptors (Lipinski definition) is 3. The molecule has 13 rings (SSSR count). The van der Waals surface area contributed by atoms with Crippen LogP contribution >= 0.6 is 0 Å². The molecule has 0 radical (unpaired) electrons. The first-order valence-corrected chi connectivity index (χ1v) is 21.7. The van der Waals surface area contributed by atoms with Crippen molar-refractivity contribution in [1.82, 2.24) is 4.57 Å². The SMILES string of the molecule is c1ccc(-c2cccc3c2oc2ccc(-c4ccc(N(c5ccc(-c6ccc7oc8ccccc8c7c6)cc5)c5ccc6c(c5)c5ccccc5n6-c5ccccc5)cc4)cc23)cc1. The van der Waals surface area contributed by atoms with Crippen LogP contribution < -0.4 is 4.90 Å². The molecule has 0 N–H and O–H groups in total. The minimum atomic E-state index is 0.885. The van der Waals surface area contributed by atoms with Crippen molar-refractivity contribution < 1.29 is 8.83 Å². The van der Waals surface area contributed by atoms with E-state index in [-0.39, 0.29) is 0 Å². The fourth-order valence-corrected chi connectivity index (χ4v) is 9.74. The number of furan rings is 2. The Labute approximate surface area is 369 Å². The molecule has 0 aliphatic carbocycles. The van der Waals surface area contributed by atoms with Gasteiger partial charge in [-0.25, -0.2) is 0 Å². The summed E-state index contributed by atoms with van der Waals surface area (Å²) >= 11 is 0. The molecule has 4 nitrogen and oxygen atoms in total. The van der Waals surface area contributed by atoms with Crippen molar-refractivity contribution in [1.29, 1.82) is 0 Å². The Morgan fingerprint density at radius 1 is 0.297 bits per heavy atom. The van der Waals surface area contributed by atoms with Gasteiger partial charge in [-0.2, -0.15) is 0 Å². The van der Waals surface area contributed by atoms with Crippen LogP contribution in [0.3, 0.4) is 0 Å². The van der Waals surface area contributed by atoms with E-state index >= 15 is 0 Å². The lowest BCUT2D eigenvalue weighted by molar-refractivity contribution is 0.669. The molecule has 0 atom stereocenters. The first-order chi connectivity index (χ1) is 31.7. The second-order valence-electron chi connectivity index (χ2n) is 16.5. The smallest absolute Gasteiger partial charge is 0.143 e. The molecule has 10 aromatic carbocycles. The van der Waals surface area contributed by atoms with Gasteiger partial charge in [0.2, 0.25) is 0 Å². The molecule has 0 fully saturated rings. The third kappa shape index (κ3) is 5.84. The van der Waals surface area contributed by atoms with Gasteiger partial charge in [-0.3, -0.25) is 0 Å². The summed E-state index contributed by atoms with van der Waals surface area (Å²) in [6, 6.07) is 82.2. The topological polar surface area (TPSA) is 34.5 Å². The fraction of sp³-hybridized carbons (Fsp3) is 0. The largest absolute Gasteiger partial charge is 0.456 e. The van der Waals surface area contributed by atoms with E-state index in [1.54, 1.807) is 0 Å². The van der Waals surface area contributed by atoms with Gasteiger partial charge in [0.05, 0.1) is 11.0 Å². The second-order valence-corrected chi connectivity index (χ2v) is 16.5. The highest BCUT2D eigenvalue weighted by Crippen LogP contribution is 2.42. The minimum absolute atomic E-state index is 0.885. The zero-order valence-electron chi connectivity index (χ0n) is 34.7. The zero-order valence-corrected chi connectivity index (χ0v) is 34.7. The molecular formula is C60H38N2O2. The Bertz CT molecular complexity index is 3880. The van der Waals surface area contributed by atoms with Gasteiger partial charge in [-0.15, -0.1) is 0 Å². The molecule has 64 heavy (non-hydrogen) atoms. The number of benzene rings is 10. The van der Waals surface area contributed by atoms with Crippen LogP contribution in [0.2, 0.25) is 0 Å². The maximum Gasteiger partial charge on any atom is 0.143 e. The van der Waals surface area contributed by atoms with Crippen LogP contribution in [0.5, 0.6) is 0 Å². The van der Waals surface area contributed by atoms with Crippen molar-refractivity contribution >= 4 is 82.7 Å². The Kier molecular flexibility index (Phi) is 8.18. The Balaban J connectivity index is 0.921. The highest BCUT2D eigenvalue weighted by molar-refractivity contribution is 6.12. The Hall–Kier alpha value is -8.60. The van der Waals surface area contributed by atoms with Crippen LogP contribution in [0.4, 0.5) is 17.1 Å². The lowest BCUT2D eigenvalue weighted by Crippen LogP contribution is -2.10. The predicted octanol–water partition coefficient (Wildman–Crippen LogP) is 17.1. The summed E-state index contributed by atoms with van der Waals surface area (Å²) in [6.45, 7) is 0. The molecule has 0 bridgehead atoms. The minimum Gasteiger partial charge on any atom is -0.456 e. The fourth-order valence-electron chi connectivity index (χ4n) is 9.74. The first-order valence-electron chi connectivity index (χ1n) is 21.7. The molecule has 300 valence electrons. The van der Waals surface area contributed by atoms with Gasteiger partial charge in [0, 0.05) is 60.6 Å². The third-order valence-corrected chi connectivity index (χ3v) is 12.8. The summed E-state index contributed by atoms with van der Waals surface area (Å²) in [5, 5.41) is 6.90. The highest BCUT2D eigenvalue weighted by atomic mass is 16.3. The number of nitrogens with zero attached hydrogens (tertiary/aromatic N) is 2. The number of para-hydroxylation sites is 4. The van der Waals surface area contributed by atoms with Crippen molar-refractivity contribution in [3.63, 3.8) is 0 Å². The monoisotopic (exact) mass is 818 g/mol. The van der Waals surface area contributed by atoms with E-state index in [1.807, 2.05) is 18.2 Å². The van der Waals surface area contributed by atoms with Crippen LogP contribution in [0, 0.1) is 0 Å². The quantitative estimate of drug-likeness (QED) is 0.161. The van der Waals surface area contributed by atoms with Gasteiger partial charge in [0.1, 0.15) is 22.3 Å². The number of anilines is 3. The van der Waals surface area contributed by atoms with Crippen molar-refractivity contribution in [3.05, 3.63) is 231 Å². The summed E-state index contributed by atoms with van der Waals surface area (Å²) in [5.74, 6) is 0. The maximum absolute atomic E-state index is 6.52. The Morgan fingerprint density at radius 2 is 0.828 bits per heavy atom. The molecular weight excluding hydrogens is 781 g/mol. The van der Waals surface area contributed by atoms with Crippen LogP contribution in [0.25, 0.3) is 105 Å². The normalized spacial score (nSPS) is 11.8. The number of aromatic nitrogens is 1. The lowest BCUT2D eigenvalue weighted by atomic mass is 10.00. The molecule has 0 aliphatic rings. The molecule has 0 unspecified atom stereocenters. The number of rotatable bonds is 7. The van der Waals surface area contributed by atoms with Crippen molar-refractivity contribution in [2.45, 2.75) is 0 Å². The van der Waals surface area contributed by atoms with E-state index in [0.717, 1.165) is 100 Å². The molecule has 13 aromatic rings. The number of hydrogen-bond donors (Lipinski definition) is 0. The van der Waals surface area contributed by atoms with Gasteiger partial charge in [0.25, 0.3) is 0 Å². The summed E-state index contributed by atoms with van der Waals surface area (Å²) < 4.78 is 15.0.